The second-order valence-electron chi connectivity index (χ2n) is 9.66. The number of carbonyl (C=O) groups excluding carboxylic acids is 1. The van der Waals surface area contributed by atoms with Gasteiger partial charge in [-0.05, 0) is 64.2 Å². The number of halogens is 1. The number of hydrogen-bond acceptors (Lipinski definition) is 5. The van der Waals surface area contributed by atoms with Crippen LogP contribution in [-0.2, 0) is 17.7 Å². The average molecular weight is 502 g/mol. The molecule has 1 saturated heterocycles. The molecule has 8 heteroatoms. The number of nitrogens with zero attached hydrogens (tertiary/aromatic N) is 4. The number of aromatic nitrogens is 3. The highest BCUT2D eigenvalue weighted by Crippen LogP contribution is 2.32. The van der Waals surface area contributed by atoms with Crippen molar-refractivity contribution < 1.29 is 9.53 Å². The molecule has 1 aromatic carbocycles. The van der Waals surface area contributed by atoms with Crippen molar-refractivity contribution in [1.82, 2.24) is 19.4 Å². The zero-order valence-corrected chi connectivity index (χ0v) is 20.9. The third-order valence-electron chi connectivity index (χ3n) is 5.93. The van der Waals surface area contributed by atoms with Crippen LogP contribution in [0.3, 0.4) is 0 Å². The molecular weight excluding hydrogens is 470 g/mol. The van der Waals surface area contributed by atoms with Crippen molar-refractivity contribution in [1.29, 1.82) is 0 Å². The second-order valence-corrected chi connectivity index (χ2v) is 10.6. The summed E-state index contributed by atoms with van der Waals surface area (Å²) in [7, 11) is 0. The molecule has 1 aliphatic heterocycles. The average Bonchev–Trinajstić information content (AvgIpc) is 3.06. The first-order chi connectivity index (χ1) is 15.2. The molecule has 7 nitrogen and oxygen atoms in total. The third kappa shape index (κ3) is 4.70. The first kappa shape index (κ1) is 22.8. The van der Waals surface area contributed by atoms with Gasteiger partial charge in [0.25, 0.3) is 0 Å². The van der Waals surface area contributed by atoms with Crippen LogP contribution < -0.4 is 5.73 Å². The molecule has 1 aliphatic rings. The number of nitrogen functional groups attached to an aromatic ring is 1. The first-order valence-corrected chi connectivity index (χ1v) is 12.2. The number of amides is 1. The molecule has 1 amide bonds. The van der Waals surface area contributed by atoms with Gasteiger partial charge in [-0.15, -0.1) is 0 Å². The van der Waals surface area contributed by atoms with Crippen molar-refractivity contribution in [2.45, 2.75) is 65.5 Å². The molecule has 3 heterocycles. The number of rotatable bonds is 4. The van der Waals surface area contributed by atoms with E-state index in [2.05, 4.69) is 38.5 Å². The lowest BCUT2D eigenvalue weighted by Crippen LogP contribution is -2.42. The fraction of sp³-hybridized carbons (Fsp3) is 0.542. The van der Waals surface area contributed by atoms with E-state index in [0.29, 0.717) is 24.8 Å². The van der Waals surface area contributed by atoms with Crippen LogP contribution in [0.1, 0.15) is 52.8 Å². The van der Waals surface area contributed by atoms with Gasteiger partial charge in [0.05, 0.1) is 11.0 Å². The smallest absolute Gasteiger partial charge is 0.410 e. The Balaban J connectivity index is 1.62. The summed E-state index contributed by atoms with van der Waals surface area (Å²) in [5.41, 5.74) is 8.58. The summed E-state index contributed by atoms with van der Waals surface area (Å²) in [5.74, 6) is 1.99. The predicted octanol–water partition coefficient (Wildman–Crippen LogP) is 5.53. The van der Waals surface area contributed by atoms with Gasteiger partial charge in [-0.25, -0.2) is 14.8 Å². The number of carbonyl (C=O) groups is 1. The van der Waals surface area contributed by atoms with Crippen LogP contribution in [0, 0.1) is 5.92 Å². The predicted molar refractivity (Wildman–Crippen MR) is 132 cm³/mol. The number of aryl methyl sites for hydroxylation is 1. The van der Waals surface area contributed by atoms with Crippen LogP contribution >= 0.6 is 15.9 Å². The molecule has 0 spiro atoms. The Hall–Kier alpha value is -2.35. The number of hydrogen-bond donors (Lipinski definition) is 1. The van der Waals surface area contributed by atoms with E-state index in [0.717, 1.165) is 64.5 Å². The molecule has 0 saturated carbocycles. The van der Waals surface area contributed by atoms with Crippen molar-refractivity contribution in [2.24, 2.45) is 5.92 Å². The summed E-state index contributed by atoms with van der Waals surface area (Å²) in [6.45, 7) is 10.2. The number of fused-ring (bicyclic) bond motifs is 3. The Morgan fingerprint density at radius 3 is 2.62 bits per heavy atom. The molecule has 32 heavy (non-hydrogen) atoms. The number of anilines is 1. The van der Waals surface area contributed by atoms with Gasteiger partial charge in [0.1, 0.15) is 16.9 Å². The molecule has 0 radical (unpaired) electrons. The molecule has 4 rings (SSSR count). The molecule has 1 fully saturated rings. The van der Waals surface area contributed by atoms with E-state index in [9.17, 15) is 4.79 Å². The van der Waals surface area contributed by atoms with Crippen LogP contribution in [-0.4, -0.2) is 44.2 Å². The SMILES string of the molecule is CCCc1nc2c(N)nc3cc(Br)ccc3c2n1CC1CCN(C(=O)OC(C)(C)C)CC1. The van der Waals surface area contributed by atoms with E-state index < -0.39 is 5.60 Å². The number of ether oxygens (including phenoxy) is 1. The lowest BCUT2D eigenvalue weighted by Gasteiger charge is -2.33. The minimum atomic E-state index is -0.470. The molecule has 0 unspecified atom stereocenters. The minimum Gasteiger partial charge on any atom is -0.444 e. The zero-order chi connectivity index (χ0) is 23.0. The standard InChI is InChI=1S/C24H32BrN5O2/c1-5-6-19-28-20-21(17-8-7-16(25)13-18(17)27-22(20)26)30(19)14-15-9-11-29(12-10-15)23(31)32-24(2,3)4/h7-8,13,15H,5-6,9-12,14H2,1-4H3,(H2,26,27). The maximum atomic E-state index is 12.4. The maximum Gasteiger partial charge on any atom is 0.410 e. The lowest BCUT2D eigenvalue weighted by molar-refractivity contribution is 0.0178. The Labute approximate surface area is 197 Å². The van der Waals surface area contributed by atoms with Gasteiger partial charge in [0.2, 0.25) is 0 Å². The van der Waals surface area contributed by atoms with E-state index in [-0.39, 0.29) is 6.09 Å². The number of piperidine rings is 1. The van der Waals surface area contributed by atoms with Crippen molar-refractivity contribution in [3.63, 3.8) is 0 Å². The Kier molecular flexibility index (Phi) is 6.34. The molecule has 2 N–H and O–H groups in total. The van der Waals surface area contributed by atoms with E-state index in [1.165, 1.54) is 0 Å². The Morgan fingerprint density at radius 1 is 1.25 bits per heavy atom. The number of pyridine rings is 1. The molecular formula is C24H32BrN5O2. The Morgan fingerprint density at radius 2 is 1.97 bits per heavy atom. The molecule has 3 aromatic rings. The zero-order valence-electron chi connectivity index (χ0n) is 19.3. The number of imidazole rings is 1. The van der Waals surface area contributed by atoms with Gasteiger partial charge in [-0.2, -0.15) is 0 Å². The monoisotopic (exact) mass is 501 g/mol. The summed E-state index contributed by atoms with van der Waals surface area (Å²) in [5, 5.41) is 1.07. The minimum absolute atomic E-state index is 0.217. The highest BCUT2D eigenvalue weighted by atomic mass is 79.9. The van der Waals surface area contributed by atoms with Crippen molar-refractivity contribution in [2.75, 3.05) is 18.8 Å². The summed E-state index contributed by atoms with van der Waals surface area (Å²) in [6.07, 6.45) is 3.56. The van der Waals surface area contributed by atoms with Gasteiger partial charge in [-0.1, -0.05) is 22.9 Å². The fourth-order valence-corrected chi connectivity index (χ4v) is 4.77. The van der Waals surface area contributed by atoms with Gasteiger partial charge >= 0.3 is 6.09 Å². The van der Waals surface area contributed by atoms with Gasteiger partial charge in [0.15, 0.2) is 5.82 Å². The van der Waals surface area contributed by atoms with Crippen molar-refractivity contribution in [3.8, 4) is 0 Å². The number of likely N-dealkylation sites (tertiary alicyclic amines) is 1. The van der Waals surface area contributed by atoms with E-state index in [4.69, 9.17) is 15.5 Å². The highest BCUT2D eigenvalue weighted by Gasteiger charge is 2.28. The largest absolute Gasteiger partial charge is 0.444 e. The summed E-state index contributed by atoms with van der Waals surface area (Å²) >= 11 is 3.54. The van der Waals surface area contributed by atoms with Crippen LogP contribution in [0.4, 0.5) is 10.6 Å². The first-order valence-electron chi connectivity index (χ1n) is 11.4. The quantitative estimate of drug-likeness (QED) is 0.507. The molecule has 2 aromatic heterocycles. The lowest BCUT2D eigenvalue weighted by atomic mass is 9.96. The van der Waals surface area contributed by atoms with Gasteiger partial charge < -0.3 is 19.9 Å². The molecule has 0 aliphatic carbocycles. The number of benzene rings is 1. The summed E-state index contributed by atoms with van der Waals surface area (Å²) in [4.78, 5) is 23.8. The number of nitrogens with two attached hydrogens (primary N) is 1. The van der Waals surface area contributed by atoms with E-state index >= 15 is 0 Å². The van der Waals surface area contributed by atoms with Crippen LogP contribution in [0.25, 0.3) is 21.9 Å². The maximum absolute atomic E-state index is 12.4. The van der Waals surface area contributed by atoms with Crippen LogP contribution in [0.5, 0.6) is 0 Å². The van der Waals surface area contributed by atoms with Crippen molar-refractivity contribution >= 4 is 49.8 Å². The van der Waals surface area contributed by atoms with E-state index in [1.54, 1.807) is 0 Å². The third-order valence-corrected chi connectivity index (χ3v) is 6.42. The van der Waals surface area contributed by atoms with E-state index in [1.807, 2.05) is 37.8 Å². The van der Waals surface area contributed by atoms with Crippen molar-refractivity contribution in [3.05, 3.63) is 28.5 Å². The second kappa shape index (κ2) is 8.89. The summed E-state index contributed by atoms with van der Waals surface area (Å²) < 4.78 is 8.87. The van der Waals surface area contributed by atoms with Gasteiger partial charge in [0, 0.05) is 35.9 Å². The molecule has 0 bridgehead atoms. The summed E-state index contributed by atoms with van der Waals surface area (Å²) in [6, 6.07) is 6.13. The highest BCUT2D eigenvalue weighted by molar-refractivity contribution is 9.10. The fourth-order valence-electron chi connectivity index (χ4n) is 4.42. The Bertz CT molecular complexity index is 1140. The normalized spacial score (nSPS) is 15.6. The van der Waals surface area contributed by atoms with Crippen LogP contribution in [0.15, 0.2) is 22.7 Å². The van der Waals surface area contributed by atoms with Crippen LogP contribution in [0.2, 0.25) is 0 Å². The topological polar surface area (TPSA) is 86.3 Å². The molecule has 0 atom stereocenters. The van der Waals surface area contributed by atoms with Gasteiger partial charge in [-0.3, -0.25) is 0 Å². The molecule has 172 valence electrons.